The molecule has 0 aliphatic carbocycles. The monoisotopic (exact) mass is 723 g/mol. The van der Waals surface area contributed by atoms with Crippen LogP contribution < -0.4 is 16.0 Å². The number of phenols is 1. The van der Waals surface area contributed by atoms with Gasteiger partial charge in [0, 0.05) is 57.7 Å². The summed E-state index contributed by atoms with van der Waals surface area (Å²) in [5.41, 5.74) is 3.65. The molecule has 4 N–H and O–H groups in total. The predicted molar refractivity (Wildman–Crippen MR) is 206 cm³/mol. The summed E-state index contributed by atoms with van der Waals surface area (Å²) in [4.78, 5) is 42.6. The van der Waals surface area contributed by atoms with Crippen molar-refractivity contribution in [1.29, 1.82) is 0 Å². The fraction of sp³-hybridized carbons (Fsp3) is 0.405. The van der Waals surface area contributed by atoms with Gasteiger partial charge in [-0.1, -0.05) is 60.7 Å². The van der Waals surface area contributed by atoms with Gasteiger partial charge in [-0.3, -0.25) is 14.9 Å². The summed E-state index contributed by atoms with van der Waals surface area (Å²) >= 11 is 0. The predicted octanol–water partition coefficient (Wildman–Crippen LogP) is 6.94. The number of nitrogens with one attached hydrogen (secondary N) is 3. The van der Waals surface area contributed by atoms with Crippen molar-refractivity contribution in [2.45, 2.75) is 70.6 Å². The van der Waals surface area contributed by atoms with E-state index in [0.717, 1.165) is 80.6 Å². The Morgan fingerprint density at radius 1 is 0.830 bits per heavy atom. The van der Waals surface area contributed by atoms with Crippen LogP contribution in [0.1, 0.15) is 62.7 Å². The molecule has 11 nitrogen and oxygen atoms in total. The summed E-state index contributed by atoms with van der Waals surface area (Å²) in [6.45, 7) is 5.30. The number of para-hydroxylation sites is 1. The maximum atomic E-state index is 13.2. The van der Waals surface area contributed by atoms with Crippen LogP contribution in [-0.4, -0.2) is 78.2 Å². The van der Waals surface area contributed by atoms with Crippen LogP contribution >= 0.6 is 0 Å². The number of furan rings is 1. The first kappa shape index (κ1) is 39.1. The van der Waals surface area contributed by atoms with E-state index >= 15 is 0 Å². The minimum atomic E-state index is -0.451. The SMILES string of the molecule is O=C(CCN1CCC(OC(=O)Nc2ccccc2-c2ccccc2)CC1)NCCCCCN(Cc1ccc(O)cc1)C(=O)CCCNCc1ccco1. The third-order valence-corrected chi connectivity index (χ3v) is 9.42. The number of benzene rings is 3. The first-order chi connectivity index (χ1) is 25.9. The van der Waals surface area contributed by atoms with Gasteiger partial charge in [0.1, 0.15) is 17.6 Å². The highest BCUT2D eigenvalue weighted by Crippen LogP contribution is 2.28. The van der Waals surface area contributed by atoms with Crippen molar-refractivity contribution in [3.8, 4) is 16.9 Å². The maximum absolute atomic E-state index is 13.2. The lowest BCUT2D eigenvalue weighted by molar-refractivity contribution is -0.132. The molecular weight excluding hydrogens is 670 g/mol. The zero-order chi connectivity index (χ0) is 37.1. The molecule has 5 rings (SSSR count). The molecule has 53 heavy (non-hydrogen) atoms. The number of rotatable bonds is 20. The molecule has 1 aromatic heterocycles. The first-order valence-electron chi connectivity index (χ1n) is 18.8. The zero-order valence-electron chi connectivity index (χ0n) is 30.5. The number of carbonyl (C=O) groups is 3. The Bertz CT molecular complexity index is 1670. The minimum Gasteiger partial charge on any atom is -0.508 e. The molecule has 4 aromatic rings. The van der Waals surface area contributed by atoms with Crippen LogP contribution in [0.5, 0.6) is 5.75 Å². The summed E-state index contributed by atoms with van der Waals surface area (Å²) in [5.74, 6) is 1.21. The molecule has 0 spiro atoms. The molecule has 0 saturated carbocycles. The van der Waals surface area contributed by atoms with Crippen molar-refractivity contribution in [3.05, 3.63) is 109 Å². The standard InChI is InChI=1S/C42H53N5O6/c48-35-19-17-33(18-20-35)32-47(41(50)16-9-24-43-31-37-13-10-30-52-37)26-8-2-7-25-44-40(49)23-29-46-27-21-36(22-28-46)53-42(51)45-39-15-6-5-14-38(39)34-11-3-1-4-12-34/h1,3-6,10-15,17-20,30,36,43,48H,2,7-9,16,21-29,31-32H2,(H,44,49)(H,45,51). The maximum Gasteiger partial charge on any atom is 0.411 e. The van der Waals surface area contributed by atoms with Gasteiger partial charge in [-0.05, 0) is 86.5 Å². The van der Waals surface area contributed by atoms with Crippen molar-refractivity contribution >= 4 is 23.6 Å². The molecule has 3 amide bonds. The number of amides is 3. The summed E-state index contributed by atoms with van der Waals surface area (Å²) in [6, 6.07) is 28.4. The van der Waals surface area contributed by atoms with Crippen LogP contribution in [0.3, 0.4) is 0 Å². The second-order valence-corrected chi connectivity index (χ2v) is 13.5. The van der Waals surface area contributed by atoms with Crippen LogP contribution in [0, 0.1) is 0 Å². The molecule has 0 atom stereocenters. The smallest absolute Gasteiger partial charge is 0.411 e. The Labute approximate surface area is 312 Å². The number of likely N-dealkylation sites (tertiary alicyclic amines) is 1. The molecular formula is C42H53N5O6. The Kier molecular flexibility index (Phi) is 15.8. The van der Waals surface area contributed by atoms with E-state index in [0.29, 0.717) is 51.3 Å². The fourth-order valence-electron chi connectivity index (χ4n) is 6.44. The Hall–Kier alpha value is -5.13. The first-order valence-corrected chi connectivity index (χ1v) is 18.8. The van der Waals surface area contributed by atoms with Gasteiger partial charge < -0.3 is 34.7 Å². The van der Waals surface area contributed by atoms with Gasteiger partial charge in [0.25, 0.3) is 0 Å². The van der Waals surface area contributed by atoms with E-state index in [4.69, 9.17) is 9.15 Å². The lowest BCUT2D eigenvalue weighted by atomic mass is 10.0. The summed E-state index contributed by atoms with van der Waals surface area (Å²) in [5, 5.41) is 18.9. The van der Waals surface area contributed by atoms with Gasteiger partial charge in [-0.25, -0.2) is 4.79 Å². The highest BCUT2D eigenvalue weighted by atomic mass is 16.6. The molecule has 0 unspecified atom stereocenters. The van der Waals surface area contributed by atoms with Gasteiger partial charge >= 0.3 is 6.09 Å². The average molecular weight is 724 g/mol. The largest absolute Gasteiger partial charge is 0.508 e. The van der Waals surface area contributed by atoms with Crippen LogP contribution in [0.15, 0.2) is 102 Å². The van der Waals surface area contributed by atoms with Crippen LogP contribution in [0.4, 0.5) is 10.5 Å². The fourth-order valence-corrected chi connectivity index (χ4v) is 6.44. The van der Waals surface area contributed by atoms with Crippen molar-refractivity contribution in [1.82, 2.24) is 20.4 Å². The van der Waals surface area contributed by atoms with Crippen LogP contribution in [-0.2, 0) is 27.4 Å². The van der Waals surface area contributed by atoms with Crippen LogP contribution in [0.25, 0.3) is 11.1 Å². The van der Waals surface area contributed by atoms with Gasteiger partial charge in [-0.15, -0.1) is 0 Å². The second-order valence-electron chi connectivity index (χ2n) is 13.5. The number of ether oxygens (including phenoxy) is 1. The van der Waals surface area contributed by atoms with E-state index in [1.54, 1.807) is 18.4 Å². The van der Waals surface area contributed by atoms with Crippen molar-refractivity contribution in [2.24, 2.45) is 0 Å². The molecule has 1 saturated heterocycles. The number of hydrogen-bond donors (Lipinski definition) is 4. The Morgan fingerprint density at radius 2 is 1.60 bits per heavy atom. The average Bonchev–Trinajstić information content (AvgIpc) is 3.70. The van der Waals surface area contributed by atoms with Gasteiger partial charge in [0.05, 0.1) is 18.5 Å². The van der Waals surface area contributed by atoms with Crippen molar-refractivity contribution < 1.29 is 28.6 Å². The topological polar surface area (TPSA) is 136 Å². The highest BCUT2D eigenvalue weighted by Gasteiger charge is 2.23. The van der Waals surface area contributed by atoms with E-state index in [1.165, 1.54) is 0 Å². The third kappa shape index (κ3) is 13.7. The van der Waals surface area contributed by atoms with Gasteiger partial charge in [0.2, 0.25) is 11.8 Å². The molecule has 3 aromatic carbocycles. The molecule has 11 heteroatoms. The molecule has 1 aliphatic heterocycles. The Balaban J connectivity index is 0.928. The lowest BCUT2D eigenvalue weighted by Gasteiger charge is -2.31. The number of hydrogen-bond acceptors (Lipinski definition) is 8. The van der Waals surface area contributed by atoms with E-state index in [9.17, 15) is 19.5 Å². The van der Waals surface area contributed by atoms with Gasteiger partial charge in [-0.2, -0.15) is 0 Å². The van der Waals surface area contributed by atoms with E-state index in [-0.39, 0.29) is 23.7 Å². The highest BCUT2D eigenvalue weighted by molar-refractivity contribution is 5.91. The van der Waals surface area contributed by atoms with Crippen molar-refractivity contribution in [2.75, 3.05) is 44.6 Å². The molecule has 2 heterocycles. The molecule has 282 valence electrons. The number of nitrogens with zero attached hydrogens (tertiary/aromatic N) is 2. The summed E-state index contributed by atoms with van der Waals surface area (Å²) in [7, 11) is 0. The van der Waals surface area contributed by atoms with E-state index in [1.807, 2.05) is 83.8 Å². The third-order valence-electron chi connectivity index (χ3n) is 9.42. The lowest BCUT2D eigenvalue weighted by Crippen LogP contribution is -2.40. The number of carbonyl (C=O) groups excluding carboxylic acids is 3. The molecule has 0 bridgehead atoms. The number of unbranched alkanes of at least 4 members (excludes halogenated alkanes) is 2. The summed E-state index contributed by atoms with van der Waals surface area (Å²) < 4.78 is 11.1. The molecule has 1 aliphatic rings. The van der Waals surface area contributed by atoms with E-state index in [2.05, 4.69) is 20.9 Å². The minimum absolute atomic E-state index is 0.0321. The van der Waals surface area contributed by atoms with Crippen molar-refractivity contribution in [3.63, 3.8) is 0 Å². The number of aromatic hydroxyl groups is 1. The normalized spacial score (nSPS) is 13.4. The number of piperidine rings is 1. The van der Waals surface area contributed by atoms with Crippen LogP contribution in [0.2, 0.25) is 0 Å². The molecule has 0 radical (unpaired) electrons. The molecule has 1 fully saturated rings. The number of phenolic OH excluding ortho intramolecular Hbond substituents is 1. The summed E-state index contributed by atoms with van der Waals surface area (Å²) in [6.07, 6.45) is 6.66. The number of anilines is 1. The van der Waals surface area contributed by atoms with Gasteiger partial charge in [0.15, 0.2) is 0 Å². The second kappa shape index (κ2) is 21.4. The zero-order valence-corrected chi connectivity index (χ0v) is 30.5. The quantitative estimate of drug-likeness (QED) is 0.0721. The Morgan fingerprint density at radius 3 is 2.38 bits per heavy atom. The van der Waals surface area contributed by atoms with E-state index < -0.39 is 6.09 Å².